The van der Waals surface area contributed by atoms with E-state index in [1.54, 1.807) is 31.2 Å². The van der Waals surface area contributed by atoms with Crippen LogP contribution in [0.1, 0.15) is 22.3 Å². The van der Waals surface area contributed by atoms with Gasteiger partial charge in [0.05, 0.1) is 17.0 Å². The summed E-state index contributed by atoms with van der Waals surface area (Å²) in [6.45, 7) is 1.56. The van der Waals surface area contributed by atoms with E-state index in [2.05, 4.69) is 10.4 Å². The van der Waals surface area contributed by atoms with Crippen LogP contribution in [-0.4, -0.2) is 22.6 Å². The van der Waals surface area contributed by atoms with Crippen LogP contribution in [0.15, 0.2) is 53.6 Å². The fourth-order valence-electron chi connectivity index (χ4n) is 2.47. The molecule has 0 saturated heterocycles. The number of nitro groups is 1. The first-order valence-electron chi connectivity index (χ1n) is 7.47. The van der Waals surface area contributed by atoms with Crippen molar-refractivity contribution in [3.8, 4) is 0 Å². The standard InChI is InChI=1S/C17H14N4O4/c1-11-9-12(7-8-14(11)21(24)25)17(23)18-15-10-16(22)20(19-15)13-5-3-2-4-6-13/h2-9H,10H2,1H3,(H,18,19,23). The van der Waals surface area contributed by atoms with Gasteiger partial charge in [-0.1, -0.05) is 18.2 Å². The lowest BCUT2D eigenvalue weighted by Crippen LogP contribution is -2.29. The summed E-state index contributed by atoms with van der Waals surface area (Å²) in [4.78, 5) is 34.7. The molecule has 25 heavy (non-hydrogen) atoms. The molecular weight excluding hydrogens is 324 g/mol. The summed E-state index contributed by atoms with van der Waals surface area (Å²) < 4.78 is 0. The van der Waals surface area contributed by atoms with Crippen molar-refractivity contribution in [3.05, 3.63) is 69.8 Å². The van der Waals surface area contributed by atoms with Gasteiger partial charge >= 0.3 is 0 Å². The quantitative estimate of drug-likeness (QED) is 0.685. The Labute approximate surface area is 142 Å². The molecule has 3 rings (SSSR count). The van der Waals surface area contributed by atoms with E-state index >= 15 is 0 Å². The van der Waals surface area contributed by atoms with Gasteiger partial charge in [-0.3, -0.25) is 19.7 Å². The number of anilines is 1. The minimum Gasteiger partial charge on any atom is -0.308 e. The van der Waals surface area contributed by atoms with Crippen LogP contribution in [-0.2, 0) is 4.79 Å². The summed E-state index contributed by atoms with van der Waals surface area (Å²) in [5.41, 5.74) is 1.20. The number of nitrogens with zero attached hydrogens (tertiary/aromatic N) is 3. The second kappa shape index (κ2) is 6.52. The van der Waals surface area contributed by atoms with E-state index in [0.29, 0.717) is 11.3 Å². The molecule has 0 unspecified atom stereocenters. The number of hydrogen-bond acceptors (Lipinski definition) is 5. The smallest absolute Gasteiger partial charge is 0.272 e. The molecule has 0 radical (unpaired) electrons. The number of amides is 2. The molecule has 1 heterocycles. The molecule has 1 aliphatic rings. The second-order valence-electron chi connectivity index (χ2n) is 5.48. The lowest BCUT2D eigenvalue weighted by molar-refractivity contribution is -0.385. The van der Waals surface area contributed by atoms with Crippen LogP contribution in [0.25, 0.3) is 0 Å². The van der Waals surface area contributed by atoms with Crippen LogP contribution >= 0.6 is 0 Å². The van der Waals surface area contributed by atoms with Crippen LogP contribution < -0.4 is 10.3 Å². The third-order valence-corrected chi connectivity index (χ3v) is 3.69. The summed E-state index contributed by atoms with van der Waals surface area (Å²) in [5.74, 6) is -0.490. The second-order valence-corrected chi connectivity index (χ2v) is 5.48. The average molecular weight is 338 g/mol. The number of nitrogens with one attached hydrogen (secondary N) is 1. The molecule has 0 spiro atoms. The predicted molar refractivity (Wildman–Crippen MR) is 91.3 cm³/mol. The Morgan fingerprint density at radius 1 is 1.24 bits per heavy atom. The Hall–Kier alpha value is -3.55. The lowest BCUT2D eigenvalue weighted by atomic mass is 10.1. The maximum absolute atomic E-state index is 12.3. The summed E-state index contributed by atoms with van der Waals surface area (Å²) >= 11 is 0. The molecule has 8 heteroatoms. The lowest BCUT2D eigenvalue weighted by Gasteiger charge is -2.10. The number of nitro benzene ring substituents is 1. The number of carbonyl (C=O) groups is 2. The molecule has 0 aliphatic carbocycles. The van der Waals surface area contributed by atoms with Crippen molar-refractivity contribution in [3.63, 3.8) is 0 Å². The van der Waals surface area contributed by atoms with Gasteiger partial charge in [0.2, 0.25) is 0 Å². The van der Waals surface area contributed by atoms with Crippen LogP contribution in [0.4, 0.5) is 11.4 Å². The van der Waals surface area contributed by atoms with Crippen molar-refractivity contribution in [2.24, 2.45) is 5.10 Å². The predicted octanol–water partition coefficient (Wildman–Crippen LogP) is 2.38. The van der Waals surface area contributed by atoms with E-state index < -0.39 is 10.8 Å². The zero-order valence-electron chi connectivity index (χ0n) is 13.3. The summed E-state index contributed by atoms with van der Waals surface area (Å²) in [5, 5.41) is 18.8. The molecule has 0 atom stereocenters. The molecule has 0 saturated carbocycles. The molecule has 0 fully saturated rings. The van der Waals surface area contributed by atoms with E-state index in [-0.39, 0.29) is 29.4 Å². The molecule has 2 aromatic rings. The van der Waals surface area contributed by atoms with Gasteiger partial charge in [-0.2, -0.15) is 10.1 Å². The minimum atomic E-state index is -0.505. The minimum absolute atomic E-state index is 0.0212. The van der Waals surface area contributed by atoms with Gasteiger partial charge in [0, 0.05) is 17.2 Å². The normalized spacial score (nSPS) is 13.6. The Morgan fingerprint density at radius 3 is 2.60 bits per heavy atom. The number of rotatable bonds is 3. The van der Waals surface area contributed by atoms with Gasteiger partial charge in [-0.05, 0) is 31.2 Å². The highest BCUT2D eigenvalue weighted by molar-refractivity contribution is 6.17. The zero-order chi connectivity index (χ0) is 18.0. The van der Waals surface area contributed by atoms with Crippen molar-refractivity contribution in [2.45, 2.75) is 13.3 Å². The highest BCUT2D eigenvalue weighted by Gasteiger charge is 2.26. The summed E-state index contributed by atoms with van der Waals surface area (Å²) in [6, 6.07) is 13.0. The van der Waals surface area contributed by atoms with Crippen LogP contribution in [0.5, 0.6) is 0 Å². The van der Waals surface area contributed by atoms with Gasteiger partial charge < -0.3 is 5.32 Å². The molecule has 8 nitrogen and oxygen atoms in total. The van der Waals surface area contributed by atoms with E-state index in [0.717, 1.165) is 0 Å². The van der Waals surface area contributed by atoms with Gasteiger partial charge in [0.1, 0.15) is 5.84 Å². The van der Waals surface area contributed by atoms with Gasteiger partial charge in [0.25, 0.3) is 17.5 Å². The average Bonchev–Trinajstić information content (AvgIpc) is 2.95. The SMILES string of the molecule is Cc1cc(C(=O)NC2=NN(c3ccccc3)C(=O)C2)ccc1[N+](=O)[O-]. The largest absolute Gasteiger partial charge is 0.308 e. The van der Waals surface area contributed by atoms with Crippen molar-refractivity contribution in [2.75, 3.05) is 5.01 Å². The van der Waals surface area contributed by atoms with Gasteiger partial charge in [-0.25, -0.2) is 0 Å². The van der Waals surface area contributed by atoms with E-state index in [1.807, 2.05) is 6.07 Å². The maximum Gasteiger partial charge on any atom is 0.272 e. The van der Waals surface area contributed by atoms with Crippen molar-refractivity contribution in [1.29, 1.82) is 0 Å². The topological polar surface area (TPSA) is 105 Å². The van der Waals surface area contributed by atoms with E-state index in [9.17, 15) is 19.7 Å². The fraction of sp³-hybridized carbons (Fsp3) is 0.118. The molecule has 126 valence electrons. The summed E-state index contributed by atoms with van der Waals surface area (Å²) in [6.07, 6.45) is -0.0212. The van der Waals surface area contributed by atoms with Crippen LogP contribution in [0.2, 0.25) is 0 Å². The Balaban J connectivity index is 1.76. The highest BCUT2D eigenvalue weighted by atomic mass is 16.6. The summed E-state index contributed by atoms with van der Waals surface area (Å²) in [7, 11) is 0. The van der Waals surface area contributed by atoms with E-state index in [4.69, 9.17) is 0 Å². The molecular formula is C17H14N4O4. The molecule has 0 bridgehead atoms. The number of hydrogen-bond donors (Lipinski definition) is 1. The molecule has 2 aromatic carbocycles. The highest BCUT2D eigenvalue weighted by Crippen LogP contribution is 2.21. The van der Waals surface area contributed by atoms with Crippen LogP contribution in [0, 0.1) is 17.0 Å². The number of aryl methyl sites for hydroxylation is 1. The maximum atomic E-state index is 12.3. The van der Waals surface area contributed by atoms with Crippen molar-refractivity contribution >= 4 is 29.0 Å². The number of amidine groups is 1. The van der Waals surface area contributed by atoms with Crippen molar-refractivity contribution < 1.29 is 14.5 Å². The van der Waals surface area contributed by atoms with Gasteiger partial charge in [-0.15, -0.1) is 0 Å². The number of carbonyl (C=O) groups excluding carboxylic acids is 2. The third kappa shape index (κ3) is 3.37. The molecule has 0 aromatic heterocycles. The first kappa shape index (κ1) is 16.3. The molecule has 1 aliphatic heterocycles. The van der Waals surface area contributed by atoms with Gasteiger partial charge in [0.15, 0.2) is 0 Å². The fourth-order valence-corrected chi connectivity index (χ4v) is 2.47. The Bertz CT molecular complexity index is 893. The van der Waals surface area contributed by atoms with E-state index in [1.165, 1.54) is 23.2 Å². The molecule has 1 N–H and O–H groups in total. The monoisotopic (exact) mass is 338 g/mol. The zero-order valence-corrected chi connectivity index (χ0v) is 13.3. The Morgan fingerprint density at radius 2 is 1.96 bits per heavy atom. The third-order valence-electron chi connectivity index (χ3n) is 3.69. The number of para-hydroxylation sites is 1. The van der Waals surface area contributed by atoms with Crippen LogP contribution in [0.3, 0.4) is 0 Å². The first-order valence-corrected chi connectivity index (χ1v) is 7.47. The Kier molecular flexibility index (Phi) is 4.25. The van der Waals surface area contributed by atoms with Crippen molar-refractivity contribution in [1.82, 2.24) is 5.32 Å². The first-order chi connectivity index (χ1) is 12.0. The number of benzene rings is 2. The molecule has 2 amide bonds. The number of hydrazone groups is 1.